The molecule has 0 N–H and O–H groups in total. The average Bonchev–Trinajstić information content (AvgIpc) is 2.32. The van der Waals surface area contributed by atoms with E-state index in [9.17, 15) is 0 Å². The Labute approximate surface area is 95.9 Å². The summed E-state index contributed by atoms with van der Waals surface area (Å²) in [6.45, 7) is 4.14. The molecular formula is C14H15NO. The molecule has 1 aromatic heterocycles. The molecule has 1 heterocycles. The van der Waals surface area contributed by atoms with Crippen molar-refractivity contribution < 1.29 is 4.74 Å². The molecule has 2 nitrogen and oxygen atoms in total. The van der Waals surface area contributed by atoms with E-state index in [2.05, 4.69) is 18.8 Å². The van der Waals surface area contributed by atoms with Crippen LogP contribution < -0.4 is 4.74 Å². The van der Waals surface area contributed by atoms with E-state index in [-0.39, 0.29) is 0 Å². The van der Waals surface area contributed by atoms with Gasteiger partial charge in [-0.2, -0.15) is 0 Å². The Kier molecular flexibility index (Phi) is 3.20. The molecule has 0 unspecified atom stereocenters. The fourth-order valence-electron chi connectivity index (χ4n) is 1.46. The van der Waals surface area contributed by atoms with E-state index in [1.165, 1.54) is 5.56 Å². The minimum atomic E-state index is 0.843. The van der Waals surface area contributed by atoms with Crippen molar-refractivity contribution in [2.75, 3.05) is 0 Å². The van der Waals surface area contributed by atoms with Gasteiger partial charge < -0.3 is 4.74 Å². The normalized spacial score (nSPS) is 10.1. The van der Waals surface area contributed by atoms with Crippen LogP contribution in [0.4, 0.5) is 0 Å². The molecule has 0 radical (unpaired) electrons. The molecule has 0 aliphatic heterocycles. The summed E-state index contributed by atoms with van der Waals surface area (Å²) in [5.41, 5.74) is 2.28. The zero-order valence-corrected chi connectivity index (χ0v) is 9.60. The van der Waals surface area contributed by atoms with Crippen LogP contribution in [0, 0.1) is 6.92 Å². The topological polar surface area (TPSA) is 22.1 Å². The van der Waals surface area contributed by atoms with Gasteiger partial charge in [0.25, 0.3) is 0 Å². The highest BCUT2D eigenvalue weighted by Gasteiger charge is 1.98. The zero-order chi connectivity index (χ0) is 11.4. The molecule has 2 heteroatoms. The monoisotopic (exact) mass is 213 g/mol. The predicted molar refractivity (Wildman–Crippen MR) is 64.9 cm³/mol. The number of rotatable bonds is 3. The number of nitrogens with zero attached hydrogens (tertiary/aromatic N) is 1. The van der Waals surface area contributed by atoms with Gasteiger partial charge >= 0.3 is 0 Å². The van der Waals surface area contributed by atoms with Crippen LogP contribution in [0.15, 0.2) is 42.6 Å². The second kappa shape index (κ2) is 4.79. The molecule has 0 fully saturated rings. The number of pyridine rings is 1. The smallest absolute Gasteiger partial charge is 0.130 e. The highest BCUT2D eigenvalue weighted by molar-refractivity contribution is 5.32. The number of aromatic nitrogens is 1. The molecular weight excluding hydrogens is 198 g/mol. The lowest BCUT2D eigenvalue weighted by Crippen LogP contribution is -1.89. The lowest BCUT2D eigenvalue weighted by molar-refractivity contribution is 0.481. The van der Waals surface area contributed by atoms with Gasteiger partial charge in [0, 0.05) is 18.0 Å². The van der Waals surface area contributed by atoms with E-state index in [4.69, 9.17) is 4.74 Å². The molecule has 2 rings (SSSR count). The molecule has 0 bridgehead atoms. The van der Waals surface area contributed by atoms with Crippen LogP contribution in [0.5, 0.6) is 11.5 Å². The second-order valence-electron chi connectivity index (χ2n) is 3.75. The van der Waals surface area contributed by atoms with Gasteiger partial charge in [0.2, 0.25) is 0 Å². The fourth-order valence-corrected chi connectivity index (χ4v) is 1.46. The number of aryl methyl sites for hydroxylation is 2. The molecule has 2 aromatic rings. The summed E-state index contributed by atoms with van der Waals surface area (Å²) in [7, 11) is 0. The van der Waals surface area contributed by atoms with Crippen molar-refractivity contribution >= 4 is 0 Å². The number of hydrogen-bond acceptors (Lipinski definition) is 2. The average molecular weight is 213 g/mol. The van der Waals surface area contributed by atoms with Gasteiger partial charge in [-0.25, -0.2) is 0 Å². The first-order valence-corrected chi connectivity index (χ1v) is 5.47. The minimum Gasteiger partial charge on any atom is -0.457 e. The first-order chi connectivity index (χ1) is 7.78. The molecule has 16 heavy (non-hydrogen) atoms. The molecule has 0 spiro atoms. The van der Waals surface area contributed by atoms with Crippen LogP contribution in [-0.2, 0) is 6.42 Å². The lowest BCUT2D eigenvalue weighted by atomic mass is 10.2. The van der Waals surface area contributed by atoms with E-state index >= 15 is 0 Å². The standard InChI is InChI=1S/C14H15NO/c1-3-12-10-14(8-9-15-12)16-13-6-4-11(2)5-7-13/h4-10H,3H2,1-2H3. The summed E-state index contributed by atoms with van der Waals surface area (Å²) in [6.07, 6.45) is 2.70. The Morgan fingerprint density at radius 2 is 1.81 bits per heavy atom. The molecule has 82 valence electrons. The van der Waals surface area contributed by atoms with Crippen molar-refractivity contribution in [1.29, 1.82) is 0 Å². The molecule has 0 aliphatic carbocycles. The predicted octanol–water partition coefficient (Wildman–Crippen LogP) is 3.74. The first-order valence-electron chi connectivity index (χ1n) is 5.47. The Balaban J connectivity index is 2.16. The second-order valence-corrected chi connectivity index (χ2v) is 3.75. The van der Waals surface area contributed by atoms with Gasteiger partial charge in [0.05, 0.1) is 0 Å². The summed E-state index contributed by atoms with van der Waals surface area (Å²) < 4.78 is 5.74. The maximum atomic E-state index is 5.74. The Morgan fingerprint density at radius 1 is 1.06 bits per heavy atom. The summed E-state index contributed by atoms with van der Waals surface area (Å²) in [5, 5.41) is 0. The van der Waals surface area contributed by atoms with Crippen LogP contribution in [0.3, 0.4) is 0 Å². The number of hydrogen-bond donors (Lipinski definition) is 0. The Hall–Kier alpha value is -1.83. The third-order valence-electron chi connectivity index (χ3n) is 2.41. The molecule has 0 aliphatic rings. The highest BCUT2D eigenvalue weighted by Crippen LogP contribution is 2.21. The summed E-state index contributed by atoms with van der Waals surface area (Å²) >= 11 is 0. The Bertz CT molecular complexity index is 462. The van der Waals surface area contributed by atoms with Crippen LogP contribution in [-0.4, -0.2) is 4.98 Å². The third-order valence-corrected chi connectivity index (χ3v) is 2.41. The highest BCUT2D eigenvalue weighted by atomic mass is 16.5. The van der Waals surface area contributed by atoms with Crippen molar-refractivity contribution in [3.63, 3.8) is 0 Å². The van der Waals surface area contributed by atoms with Gasteiger partial charge in [-0.15, -0.1) is 0 Å². The van der Waals surface area contributed by atoms with Crippen molar-refractivity contribution in [1.82, 2.24) is 4.98 Å². The zero-order valence-electron chi connectivity index (χ0n) is 9.60. The van der Waals surface area contributed by atoms with E-state index in [0.29, 0.717) is 0 Å². The van der Waals surface area contributed by atoms with Crippen LogP contribution in [0.2, 0.25) is 0 Å². The van der Waals surface area contributed by atoms with E-state index in [1.807, 2.05) is 36.4 Å². The maximum Gasteiger partial charge on any atom is 0.130 e. The van der Waals surface area contributed by atoms with Crippen LogP contribution >= 0.6 is 0 Å². The summed E-state index contributed by atoms with van der Waals surface area (Å²) in [6, 6.07) is 11.9. The molecule has 0 saturated carbocycles. The third kappa shape index (κ3) is 2.60. The Morgan fingerprint density at radius 3 is 2.50 bits per heavy atom. The summed E-state index contributed by atoms with van der Waals surface area (Å²) in [5.74, 6) is 1.70. The minimum absolute atomic E-state index is 0.843. The molecule has 0 atom stereocenters. The van der Waals surface area contributed by atoms with E-state index in [1.54, 1.807) is 6.20 Å². The molecule has 1 aromatic carbocycles. The van der Waals surface area contributed by atoms with Crippen LogP contribution in [0.1, 0.15) is 18.2 Å². The first kappa shape index (κ1) is 10.7. The van der Waals surface area contributed by atoms with Gasteiger partial charge in [-0.1, -0.05) is 24.6 Å². The quantitative estimate of drug-likeness (QED) is 0.774. The molecule has 0 saturated heterocycles. The van der Waals surface area contributed by atoms with Crippen molar-refractivity contribution in [2.24, 2.45) is 0 Å². The van der Waals surface area contributed by atoms with Crippen molar-refractivity contribution in [2.45, 2.75) is 20.3 Å². The summed E-state index contributed by atoms with van der Waals surface area (Å²) in [4.78, 5) is 4.23. The van der Waals surface area contributed by atoms with Crippen molar-refractivity contribution in [3.8, 4) is 11.5 Å². The maximum absolute atomic E-state index is 5.74. The largest absolute Gasteiger partial charge is 0.457 e. The van der Waals surface area contributed by atoms with E-state index < -0.39 is 0 Å². The number of ether oxygens (including phenoxy) is 1. The number of benzene rings is 1. The fraction of sp³-hybridized carbons (Fsp3) is 0.214. The van der Waals surface area contributed by atoms with E-state index in [0.717, 1.165) is 23.6 Å². The van der Waals surface area contributed by atoms with Gasteiger partial charge in [-0.05, 0) is 31.5 Å². The molecule has 0 amide bonds. The van der Waals surface area contributed by atoms with Crippen LogP contribution in [0.25, 0.3) is 0 Å². The van der Waals surface area contributed by atoms with Gasteiger partial charge in [-0.3, -0.25) is 4.98 Å². The van der Waals surface area contributed by atoms with Crippen molar-refractivity contribution in [3.05, 3.63) is 53.9 Å². The van der Waals surface area contributed by atoms with Gasteiger partial charge in [0.1, 0.15) is 11.5 Å². The SMILES string of the molecule is CCc1cc(Oc2ccc(C)cc2)ccn1. The van der Waals surface area contributed by atoms with Gasteiger partial charge in [0.15, 0.2) is 0 Å². The lowest BCUT2D eigenvalue weighted by Gasteiger charge is -2.06.